The number of nitrogens with one attached hydrogen (secondary N) is 2. The van der Waals surface area contributed by atoms with Crippen molar-refractivity contribution in [3.8, 4) is 11.4 Å². The molecule has 2 N–H and O–H groups in total. The van der Waals surface area contributed by atoms with Crippen LogP contribution in [-0.4, -0.2) is 39.4 Å². The Labute approximate surface area is 226 Å². The molecule has 0 atom stereocenters. The Hall–Kier alpha value is -4.11. The number of aromatic nitrogens is 3. The van der Waals surface area contributed by atoms with E-state index in [1.54, 1.807) is 31.4 Å². The molecule has 0 radical (unpaired) electrons. The molecule has 0 saturated carbocycles. The first-order valence-electron chi connectivity index (χ1n) is 12.5. The molecule has 9 heteroatoms. The number of anilines is 1. The van der Waals surface area contributed by atoms with Gasteiger partial charge in [-0.2, -0.15) is 0 Å². The standard InChI is InChI=1S/C29H31N5O3S/c1-4-20-10-9-11-21(5-2)27(20)34-25(18-30-28(36)22-14-16-24(37-3)17-15-22)32-33-29(34)38-19-26(35)31-23-12-7-6-8-13-23/h6-17H,4-5,18-19H2,1-3H3,(H,30,36)(H,31,35). The van der Waals surface area contributed by atoms with Gasteiger partial charge in [0.25, 0.3) is 5.91 Å². The van der Waals surface area contributed by atoms with E-state index in [1.807, 2.05) is 34.9 Å². The average Bonchev–Trinajstić information content (AvgIpc) is 3.37. The van der Waals surface area contributed by atoms with Gasteiger partial charge in [-0.3, -0.25) is 14.2 Å². The molecule has 38 heavy (non-hydrogen) atoms. The average molecular weight is 530 g/mol. The predicted molar refractivity (Wildman–Crippen MR) is 150 cm³/mol. The lowest BCUT2D eigenvalue weighted by Gasteiger charge is -2.18. The maximum Gasteiger partial charge on any atom is 0.251 e. The van der Waals surface area contributed by atoms with E-state index in [9.17, 15) is 9.59 Å². The van der Waals surface area contributed by atoms with Crippen LogP contribution in [0.1, 0.15) is 41.2 Å². The summed E-state index contributed by atoms with van der Waals surface area (Å²) in [5.74, 6) is 1.08. The van der Waals surface area contributed by atoms with Crippen molar-refractivity contribution in [2.75, 3.05) is 18.2 Å². The van der Waals surface area contributed by atoms with Crippen LogP contribution in [0.5, 0.6) is 5.75 Å². The number of nitrogens with zero attached hydrogens (tertiary/aromatic N) is 3. The SMILES string of the molecule is CCc1cccc(CC)c1-n1c(CNC(=O)c2ccc(OC)cc2)nnc1SCC(=O)Nc1ccccc1. The highest BCUT2D eigenvalue weighted by molar-refractivity contribution is 7.99. The molecule has 0 spiro atoms. The van der Waals surface area contributed by atoms with E-state index in [0.29, 0.717) is 22.3 Å². The minimum absolute atomic E-state index is 0.135. The Morgan fingerprint density at radius 1 is 0.895 bits per heavy atom. The zero-order chi connectivity index (χ0) is 26.9. The molecule has 4 rings (SSSR count). The Bertz CT molecular complexity index is 1370. The monoisotopic (exact) mass is 529 g/mol. The Kier molecular flexibility index (Phi) is 9.16. The number of para-hydroxylation sites is 2. The van der Waals surface area contributed by atoms with Crippen molar-refractivity contribution in [1.82, 2.24) is 20.1 Å². The second-order valence-electron chi connectivity index (χ2n) is 8.48. The molecule has 0 aliphatic rings. The molecule has 1 heterocycles. The third-order valence-electron chi connectivity index (χ3n) is 6.04. The van der Waals surface area contributed by atoms with Gasteiger partial charge in [-0.25, -0.2) is 0 Å². The highest BCUT2D eigenvalue weighted by Gasteiger charge is 2.21. The van der Waals surface area contributed by atoms with Crippen molar-refractivity contribution >= 4 is 29.3 Å². The van der Waals surface area contributed by atoms with Crippen LogP contribution in [0, 0.1) is 0 Å². The highest BCUT2D eigenvalue weighted by Crippen LogP contribution is 2.28. The van der Waals surface area contributed by atoms with Crippen molar-refractivity contribution in [3.05, 3.63) is 95.3 Å². The number of carbonyl (C=O) groups excluding carboxylic acids is 2. The molecule has 4 aromatic rings. The number of rotatable bonds is 11. The van der Waals surface area contributed by atoms with Gasteiger partial charge in [0.15, 0.2) is 11.0 Å². The first kappa shape index (κ1) is 26.9. The number of thioether (sulfide) groups is 1. The topological polar surface area (TPSA) is 98.1 Å². The summed E-state index contributed by atoms with van der Waals surface area (Å²) in [7, 11) is 1.58. The third-order valence-corrected chi connectivity index (χ3v) is 6.97. The van der Waals surface area contributed by atoms with Crippen molar-refractivity contribution in [2.45, 2.75) is 38.4 Å². The van der Waals surface area contributed by atoms with E-state index in [1.165, 1.54) is 11.8 Å². The summed E-state index contributed by atoms with van der Waals surface area (Å²) in [5, 5.41) is 15.3. The predicted octanol–water partition coefficient (Wildman–Crippen LogP) is 5.06. The number of hydrogen-bond donors (Lipinski definition) is 2. The summed E-state index contributed by atoms with van der Waals surface area (Å²) in [5.41, 5.74) is 4.55. The molecule has 0 unspecified atom stereocenters. The van der Waals surface area contributed by atoms with Crippen LogP contribution in [-0.2, 0) is 24.2 Å². The summed E-state index contributed by atoms with van der Waals surface area (Å²) >= 11 is 1.31. The maximum absolute atomic E-state index is 12.8. The van der Waals surface area contributed by atoms with Crippen LogP contribution < -0.4 is 15.4 Å². The van der Waals surface area contributed by atoms with Crippen LogP contribution in [0.15, 0.2) is 78.0 Å². The van der Waals surface area contributed by atoms with Crippen molar-refractivity contribution in [2.24, 2.45) is 0 Å². The quantitative estimate of drug-likeness (QED) is 0.264. The lowest BCUT2D eigenvalue weighted by molar-refractivity contribution is -0.113. The fraction of sp³-hybridized carbons (Fsp3) is 0.241. The van der Waals surface area contributed by atoms with Crippen LogP contribution in [0.2, 0.25) is 0 Å². The summed E-state index contributed by atoms with van der Waals surface area (Å²) in [4.78, 5) is 25.5. The van der Waals surface area contributed by atoms with E-state index in [4.69, 9.17) is 4.74 Å². The van der Waals surface area contributed by atoms with Crippen LogP contribution in [0.3, 0.4) is 0 Å². The summed E-state index contributed by atoms with van der Waals surface area (Å²) < 4.78 is 7.16. The zero-order valence-electron chi connectivity index (χ0n) is 21.7. The number of hydrogen-bond acceptors (Lipinski definition) is 6. The largest absolute Gasteiger partial charge is 0.497 e. The van der Waals surface area contributed by atoms with Gasteiger partial charge in [-0.15, -0.1) is 10.2 Å². The summed E-state index contributed by atoms with van der Waals surface area (Å²) in [6.07, 6.45) is 1.63. The fourth-order valence-corrected chi connectivity index (χ4v) is 4.84. The molecule has 1 aromatic heterocycles. The molecular formula is C29H31N5O3S. The zero-order valence-corrected chi connectivity index (χ0v) is 22.5. The lowest BCUT2D eigenvalue weighted by Crippen LogP contribution is -2.25. The van der Waals surface area contributed by atoms with Crippen molar-refractivity contribution in [3.63, 3.8) is 0 Å². The van der Waals surface area contributed by atoms with Crippen LogP contribution in [0.25, 0.3) is 5.69 Å². The number of amides is 2. The minimum atomic E-state index is -0.224. The second-order valence-corrected chi connectivity index (χ2v) is 9.42. The fourth-order valence-electron chi connectivity index (χ4n) is 4.09. The second kappa shape index (κ2) is 12.9. The summed E-state index contributed by atoms with van der Waals surface area (Å²) in [6.45, 7) is 4.39. The van der Waals surface area contributed by atoms with E-state index >= 15 is 0 Å². The number of methoxy groups -OCH3 is 1. The van der Waals surface area contributed by atoms with Gasteiger partial charge in [0.1, 0.15) is 5.75 Å². The third kappa shape index (κ3) is 6.41. The molecular weight excluding hydrogens is 498 g/mol. The van der Waals surface area contributed by atoms with Gasteiger partial charge < -0.3 is 15.4 Å². The van der Waals surface area contributed by atoms with E-state index < -0.39 is 0 Å². The molecule has 0 aliphatic carbocycles. The van der Waals surface area contributed by atoms with Gasteiger partial charge in [0, 0.05) is 11.3 Å². The van der Waals surface area contributed by atoms with Gasteiger partial charge >= 0.3 is 0 Å². The first-order chi connectivity index (χ1) is 18.5. The van der Waals surface area contributed by atoms with E-state index in [-0.39, 0.29) is 24.1 Å². The molecule has 8 nitrogen and oxygen atoms in total. The van der Waals surface area contributed by atoms with Crippen molar-refractivity contribution in [1.29, 1.82) is 0 Å². The van der Waals surface area contributed by atoms with Gasteiger partial charge in [-0.1, -0.05) is 62.0 Å². The van der Waals surface area contributed by atoms with Gasteiger partial charge in [0.05, 0.1) is 25.1 Å². The normalized spacial score (nSPS) is 10.7. The Morgan fingerprint density at radius 2 is 1.58 bits per heavy atom. The Morgan fingerprint density at radius 3 is 2.21 bits per heavy atom. The Balaban J connectivity index is 1.60. The minimum Gasteiger partial charge on any atom is -0.497 e. The first-order valence-corrected chi connectivity index (χ1v) is 13.5. The molecule has 0 aliphatic heterocycles. The van der Waals surface area contributed by atoms with Gasteiger partial charge in [0.2, 0.25) is 5.91 Å². The van der Waals surface area contributed by atoms with E-state index in [2.05, 4.69) is 52.9 Å². The maximum atomic E-state index is 12.8. The van der Waals surface area contributed by atoms with Gasteiger partial charge in [-0.05, 0) is 60.4 Å². The summed E-state index contributed by atoms with van der Waals surface area (Å²) in [6, 6.07) is 22.5. The molecule has 0 saturated heterocycles. The molecule has 2 amide bonds. The molecule has 0 fully saturated rings. The molecule has 196 valence electrons. The van der Waals surface area contributed by atoms with Crippen molar-refractivity contribution < 1.29 is 14.3 Å². The molecule has 0 bridgehead atoms. The molecule has 3 aromatic carbocycles. The van der Waals surface area contributed by atoms with Crippen LogP contribution in [0.4, 0.5) is 5.69 Å². The van der Waals surface area contributed by atoms with Crippen LogP contribution >= 0.6 is 11.8 Å². The number of carbonyl (C=O) groups is 2. The number of ether oxygens (including phenoxy) is 1. The highest BCUT2D eigenvalue weighted by atomic mass is 32.2. The smallest absolute Gasteiger partial charge is 0.251 e. The lowest BCUT2D eigenvalue weighted by atomic mass is 10.0. The number of aryl methyl sites for hydroxylation is 2. The van der Waals surface area contributed by atoms with E-state index in [0.717, 1.165) is 35.3 Å². The number of benzene rings is 3.